The highest BCUT2D eigenvalue weighted by atomic mass is 19.4. The van der Waals surface area contributed by atoms with Gasteiger partial charge in [-0.05, 0) is 93.8 Å². The van der Waals surface area contributed by atoms with Crippen molar-refractivity contribution in [2.45, 2.75) is 90.0 Å². The maximum Gasteiger partial charge on any atom is 0.395 e. The molecule has 0 radical (unpaired) electrons. The molecule has 1 aromatic heterocycles. The number of rotatable bonds is 3. The van der Waals surface area contributed by atoms with Crippen molar-refractivity contribution in [3.05, 3.63) is 18.0 Å². The van der Waals surface area contributed by atoms with Crippen LogP contribution in [-0.4, -0.2) is 32.4 Å². The summed E-state index contributed by atoms with van der Waals surface area (Å²) < 4.78 is 46.0. The van der Waals surface area contributed by atoms with Crippen molar-refractivity contribution in [3.63, 3.8) is 0 Å². The predicted octanol–water partition coefficient (Wildman–Crippen LogP) is 5.28. The van der Waals surface area contributed by atoms with Crippen molar-refractivity contribution in [1.29, 1.82) is 5.26 Å². The van der Waals surface area contributed by atoms with Crippen molar-refractivity contribution in [2.75, 3.05) is 0 Å². The summed E-state index contributed by atoms with van der Waals surface area (Å²) in [6.07, 6.45) is 3.08. The largest absolute Gasteiger partial charge is 0.395 e. The molecule has 0 spiro atoms. The van der Waals surface area contributed by atoms with E-state index < -0.39 is 29.0 Å². The third-order valence-electron chi connectivity index (χ3n) is 10.4. The molecule has 4 saturated carbocycles. The first-order valence-corrected chi connectivity index (χ1v) is 12.7. The van der Waals surface area contributed by atoms with Gasteiger partial charge in [0.15, 0.2) is 5.78 Å². The number of fused-ring (bicyclic) bond motifs is 5. The third kappa shape index (κ3) is 3.44. The lowest BCUT2D eigenvalue weighted by molar-refractivity contribution is -0.310. The molecule has 4 fully saturated rings. The Morgan fingerprint density at radius 1 is 1.18 bits per heavy atom. The van der Waals surface area contributed by atoms with Gasteiger partial charge in [-0.2, -0.15) is 23.5 Å². The van der Waals surface area contributed by atoms with Crippen LogP contribution in [0.4, 0.5) is 13.2 Å². The number of carbonyl (C=O) groups excluding carboxylic acids is 1. The van der Waals surface area contributed by atoms with Gasteiger partial charge in [0.25, 0.3) is 0 Å². The zero-order chi connectivity index (χ0) is 24.5. The van der Waals surface area contributed by atoms with Crippen LogP contribution < -0.4 is 0 Å². The van der Waals surface area contributed by atoms with Gasteiger partial charge in [0.1, 0.15) is 6.07 Å². The predicted molar refractivity (Wildman–Crippen MR) is 118 cm³/mol. The number of halogens is 3. The van der Waals surface area contributed by atoms with E-state index >= 15 is 0 Å². The number of aliphatic hydroxyl groups is 1. The number of aromatic nitrogens is 2. The molecule has 4 aliphatic carbocycles. The Hall–Kier alpha value is -1.88. The van der Waals surface area contributed by atoms with Crippen LogP contribution in [0.3, 0.4) is 0 Å². The van der Waals surface area contributed by atoms with E-state index in [1.165, 1.54) is 10.9 Å². The molecule has 0 aliphatic heterocycles. The van der Waals surface area contributed by atoms with Crippen molar-refractivity contribution in [1.82, 2.24) is 9.78 Å². The molecule has 0 bridgehead atoms. The number of nitriles is 1. The minimum absolute atomic E-state index is 0.0155. The molecule has 0 aromatic carbocycles. The standard InChI is InChI=1S/C26H34F3N3O2/c1-23(34)9-10-25(26(27,28)29)17(11-23)3-4-18-19-5-6-21(24(19,2)8-7-20(18)25)22(33)15-32-14-16(12-30)13-31-32/h13-14,17-21,34H,3-11,15H2,1-2H3/t17-,18-,19-,20-,21+,23+,24-,25+/m0/s1. The van der Waals surface area contributed by atoms with Crippen LogP contribution in [0.15, 0.2) is 12.4 Å². The molecule has 8 heteroatoms. The van der Waals surface area contributed by atoms with Crippen LogP contribution in [-0.2, 0) is 11.3 Å². The van der Waals surface area contributed by atoms with Gasteiger partial charge in [0.05, 0.1) is 29.3 Å². The maximum absolute atomic E-state index is 14.8. The van der Waals surface area contributed by atoms with Crippen molar-refractivity contribution < 1.29 is 23.1 Å². The highest BCUT2D eigenvalue weighted by Gasteiger charge is 2.71. The topological polar surface area (TPSA) is 78.9 Å². The van der Waals surface area contributed by atoms with Gasteiger partial charge >= 0.3 is 6.18 Å². The molecule has 1 aromatic rings. The Labute approximate surface area is 198 Å². The quantitative estimate of drug-likeness (QED) is 0.643. The normalized spacial score (nSPS) is 44.0. The molecule has 8 atom stereocenters. The fourth-order valence-corrected chi connectivity index (χ4v) is 8.96. The summed E-state index contributed by atoms with van der Waals surface area (Å²) in [4.78, 5) is 13.3. The number of hydrogen-bond acceptors (Lipinski definition) is 4. The van der Waals surface area contributed by atoms with E-state index in [-0.39, 0.29) is 54.8 Å². The summed E-state index contributed by atoms with van der Waals surface area (Å²) in [5, 5.41) is 23.7. The Morgan fingerprint density at radius 3 is 2.62 bits per heavy atom. The fourth-order valence-electron chi connectivity index (χ4n) is 8.96. The van der Waals surface area contributed by atoms with Gasteiger partial charge < -0.3 is 5.11 Å². The average molecular weight is 478 g/mol. The fraction of sp³-hybridized carbons (Fsp3) is 0.808. The van der Waals surface area contributed by atoms with E-state index in [4.69, 9.17) is 5.26 Å². The Balaban J connectivity index is 1.40. The van der Waals surface area contributed by atoms with E-state index in [0.717, 1.165) is 12.8 Å². The summed E-state index contributed by atoms with van der Waals surface area (Å²) >= 11 is 0. The lowest BCUT2D eigenvalue weighted by Gasteiger charge is -2.62. The highest BCUT2D eigenvalue weighted by Crippen LogP contribution is 2.71. The van der Waals surface area contributed by atoms with E-state index in [1.807, 2.05) is 6.07 Å². The second-order valence-electron chi connectivity index (χ2n) is 12.1. The second kappa shape index (κ2) is 7.81. The van der Waals surface area contributed by atoms with E-state index in [9.17, 15) is 23.1 Å². The van der Waals surface area contributed by atoms with Crippen molar-refractivity contribution >= 4 is 5.78 Å². The van der Waals surface area contributed by atoms with Gasteiger partial charge in [0, 0.05) is 12.1 Å². The zero-order valence-electron chi connectivity index (χ0n) is 19.9. The van der Waals surface area contributed by atoms with Crippen LogP contribution >= 0.6 is 0 Å². The van der Waals surface area contributed by atoms with Gasteiger partial charge in [-0.3, -0.25) is 9.48 Å². The number of nitrogens with zero attached hydrogens (tertiary/aromatic N) is 3. The van der Waals surface area contributed by atoms with Crippen LogP contribution in [0.1, 0.15) is 77.2 Å². The molecule has 1 N–H and O–H groups in total. The Bertz CT molecular complexity index is 1010. The SMILES string of the molecule is C[C@@]1(O)CC[C@@]2(C(F)(F)F)[C@@H](CC[C@H]3[C@@H]4CC[C@H](C(=O)Cn5cc(C#N)cn5)[C@@]4(C)CC[C@@H]32)C1. The molecule has 5 rings (SSSR count). The summed E-state index contributed by atoms with van der Waals surface area (Å²) in [6.45, 7) is 3.92. The van der Waals surface area contributed by atoms with Gasteiger partial charge in [-0.15, -0.1) is 0 Å². The summed E-state index contributed by atoms with van der Waals surface area (Å²) in [5.41, 5.74) is -2.60. The zero-order valence-corrected chi connectivity index (χ0v) is 19.9. The molecular weight excluding hydrogens is 443 g/mol. The minimum Gasteiger partial charge on any atom is -0.390 e. The Kier molecular flexibility index (Phi) is 5.48. The third-order valence-corrected chi connectivity index (χ3v) is 10.4. The summed E-state index contributed by atoms with van der Waals surface area (Å²) in [5.74, 6) is -0.945. The van der Waals surface area contributed by atoms with Crippen molar-refractivity contribution in [2.24, 2.45) is 40.4 Å². The average Bonchev–Trinajstić information content (AvgIpc) is 3.35. The molecule has 0 amide bonds. The van der Waals surface area contributed by atoms with Crippen LogP contribution in [0.25, 0.3) is 0 Å². The number of ketones is 1. The molecule has 4 aliphatic rings. The first-order valence-electron chi connectivity index (χ1n) is 12.7. The lowest BCUT2D eigenvalue weighted by atomic mass is 9.43. The number of carbonyl (C=O) groups is 1. The first-order chi connectivity index (χ1) is 15.9. The smallest absolute Gasteiger partial charge is 0.390 e. The molecule has 34 heavy (non-hydrogen) atoms. The van der Waals surface area contributed by atoms with Gasteiger partial charge in [-0.25, -0.2) is 0 Å². The highest BCUT2D eigenvalue weighted by molar-refractivity contribution is 5.82. The second-order valence-corrected chi connectivity index (χ2v) is 12.1. The molecule has 0 unspecified atom stereocenters. The molecule has 1 heterocycles. The summed E-state index contributed by atoms with van der Waals surface area (Å²) in [6, 6.07) is 2.02. The number of alkyl halides is 3. The first kappa shape index (κ1) is 23.8. The maximum atomic E-state index is 14.8. The van der Waals surface area contributed by atoms with Crippen molar-refractivity contribution in [3.8, 4) is 6.07 Å². The lowest BCUT2D eigenvalue weighted by Crippen LogP contribution is -2.62. The van der Waals surface area contributed by atoms with E-state index in [1.54, 1.807) is 13.1 Å². The van der Waals surface area contributed by atoms with E-state index in [0.29, 0.717) is 31.2 Å². The van der Waals surface area contributed by atoms with Gasteiger partial charge in [0.2, 0.25) is 0 Å². The monoisotopic (exact) mass is 477 g/mol. The molecule has 186 valence electrons. The van der Waals surface area contributed by atoms with Crippen LogP contribution in [0.5, 0.6) is 0 Å². The molecule has 0 saturated heterocycles. The molecule has 5 nitrogen and oxygen atoms in total. The number of hydrogen-bond donors (Lipinski definition) is 1. The number of Topliss-reactive ketones (excluding diaryl/α,β-unsaturated/α-hetero) is 1. The van der Waals surface area contributed by atoms with Crippen LogP contribution in [0.2, 0.25) is 0 Å². The van der Waals surface area contributed by atoms with Crippen LogP contribution in [0, 0.1) is 51.8 Å². The van der Waals surface area contributed by atoms with E-state index in [2.05, 4.69) is 12.0 Å². The Morgan fingerprint density at radius 2 is 1.94 bits per heavy atom. The van der Waals surface area contributed by atoms with Gasteiger partial charge in [-0.1, -0.05) is 6.92 Å². The minimum atomic E-state index is -4.28. The molecular formula is C26H34F3N3O2. The summed E-state index contributed by atoms with van der Waals surface area (Å²) in [7, 11) is 0.